The maximum Gasteiger partial charge on any atom is 0.257 e. The third-order valence-corrected chi connectivity index (χ3v) is 7.02. The van der Waals surface area contributed by atoms with E-state index in [0.29, 0.717) is 63.3 Å². The average molecular weight is 438 g/mol. The van der Waals surface area contributed by atoms with Crippen molar-refractivity contribution in [1.29, 1.82) is 0 Å². The van der Waals surface area contributed by atoms with Crippen LogP contribution in [0, 0.1) is 5.92 Å². The van der Waals surface area contributed by atoms with E-state index in [-0.39, 0.29) is 17.7 Å². The number of carbonyl (C=O) groups excluding carboxylic acids is 2. The molecule has 2 aromatic rings. The van der Waals surface area contributed by atoms with Crippen LogP contribution in [0.25, 0.3) is 0 Å². The maximum absolute atomic E-state index is 13.4. The molecular formula is C25H31N3O4. The molecule has 0 spiro atoms. The summed E-state index contributed by atoms with van der Waals surface area (Å²) in [6.45, 7) is 6.40. The second-order valence-corrected chi connectivity index (χ2v) is 9.10. The van der Waals surface area contributed by atoms with Gasteiger partial charge in [-0.05, 0) is 43.9 Å². The van der Waals surface area contributed by atoms with E-state index in [4.69, 9.17) is 9.15 Å². The summed E-state index contributed by atoms with van der Waals surface area (Å²) in [6, 6.07) is 10.6. The van der Waals surface area contributed by atoms with E-state index in [1.165, 1.54) is 11.3 Å². The fourth-order valence-corrected chi connectivity index (χ4v) is 5.25. The number of rotatable bonds is 4. The molecule has 2 fully saturated rings. The Hall–Kier alpha value is -2.80. The standard InChI is InChI=1S/C25H31N3O4/c1-18-15-19-5-2-3-7-22(19)28(18)17-23-21(8-12-32-23)25(30)27-9-4-6-20(16-27)24(29)26-10-13-31-14-11-26/h2-3,5,7-8,12,18,20H,4,6,9-11,13-17H2,1H3. The van der Waals surface area contributed by atoms with Gasteiger partial charge in [-0.25, -0.2) is 0 Å². The highest BCUT2D eigenvalue weighted by Crippen LogP contribution is 2.34. The van der Waals surface area contributed by atoms with E-state index < -0.39 is 0 Å². The summed E-state index contributed by atoms with van der Waals surface area (Å²) in [4.78, 5) is 32.4. The number of para-hydroxylation sites is 1. The first-order valence-corrected chi connectivity index (χ1v) is 11.7. The van der Waals surface area contributed by atoms with Gasteiger partial charge < -0.3 is 23.9 Å². The topological polar surface area (TPSA) is 66.2 Å². The number of likely N-dealkylation sites (tertiary alicyclic amines) is 1. The molecular weight excluding hydrogens is 406 g/mol. The quantitative estimate of drug-likeness (QED) is 0.736. The molecule has 3 aliphatic rings. The van der Waals surface area contributed by atoms with Crippen molar-refractivity contribution in [3.05, 3.63) is 53.5 Å². The molecule has 2 unspecified atom stereocenters. The minimum atomic E-state index is -0.133. The molecule has 0 saturated carbocycles. The number of piperidine rings is 1. The Balaban J connectivity index is 1.28. The van der Waals surface area contributed by atoms with Crippen LogP contribution < -0.4 is 4.90 Å². The van der Waals surface area contributed by atoms with Crippen LogP contribution in [-0.4, -0.2) is 67.0 Å². The Morgan fingerprint density at radius 2 is 1.88 bits per heavy atom. The van der Waals surface area contributed by atoms with Gasteiger partial charge in [0.1, 0.15) is 5.76 Å². The fourth-order valence-electron chi connectivity index (χ4n) is 5.25. The van der Waals surface area contributed by atoms with Gasteiger partial charge >= 0.3 is 0 Å². The van der Waals surface area contributed by atoms with Gasteiger partial charge in [-0.2, -0.15) is 0 Å². The third-order valence-electron chi connectivity index (χ3n) is 7.02. The summed E-state index contributed by atoms with van der Waals surface area (Å²) in [7, 11) is 0. The number of nitrogens with zero attached hydrogens (tertiary/aromatic N) is 3. The third kappa shape index (κ3) is 4.01. The molecule has 170 valence electrons. The van der Waals surface area contributed by atoms with Crippen LogP contribution in [0.15, 0.2) is 41.0 Å². The second kappa shape index (κ2) is 8.98. The number of hydrogen-bond acceptors (Lipinski definition) is 5. The first-order chi connectivity index (χ1) is 15.6. The first kappa shape index (κ1) is 21.1. The van der Waals surface area contributed by atoms with Crippen LogP contribution in [0.1, 0.15) is 41.4 Å². The molecule has 0 bridgehead atoms. The summed E-state index contributed by atoms with van der Waals surface area (Å²) in [5.74, 6) is 0.681. The number of morpholine rings is 1. The van der Waals surface area contributed by atoms with Crippen molar-refractivity contribution in [3.8, 4) is 0 Å². The van der Waals surface area contributed by atoms with E-state index in [1.54, 1.807) is 12.3 Å². The van der Waals surface area contributed by atoms with Crippen molar-refractivity contribution in [2.24, 2.45) is 5.92 Å². The van der Waals surface area contributed by atoms with Crippen molar-refractivity contribution in [3.63, 3.8) is 0 Å². The molecule has 5 rings (SSSR count). The lowest BCUT2D eigenvalue weighted by atomic mass is 9.95. The summed E-state index contributed by atoms with van der Waals surface area (Å²) in [6.07, 6.45) is 4.28. The molecule has 4 heterocycles. The van der Waals surface area contributed by atoms with Gasteiger partial charge in [0.25, 0.3) is 5.91 Å². The predicted molar refractivity (Wildman–Crippen MR) is 121 cm³/mol. The number of fused-ring (bicyclic) bond motifs is 1. The highest BCUT2D eigenvalue weighted by Gasteiger charge is 2.34. The van der Waals surface area contributed by atoms with E-state index >= 15 is 0 Å². The molecule has 2 atom stereocenters. The molecule has 3 aliphatic heterocycles. The number of carbonyl (C=O) groups is 2. The molecule has 2 amide bonds. The lowest BCUT2D eigenvalue weighted by Gasteiger charge is -2.36. The normalized spacial score (nSPS) is 23.3. The Bertz CT molecular complexity index is 981. The highest BCUT2D eigenvalue weighted by molar-refractivity contribution is 5.95. The Morgan fingerprint density at radius 1 is 1.06 bits per heavy atom. The highest BCUT2D eigenvalue weighted by atomic mass is 16.5. The average Bonchev–Trinajstić information content (AvgIpc) is 3.43. The Labute approximate surface area is 188 Å². The molecule has 2 saturated heterocycles. The Kier molecular flexibility index (Phi) is 5.91. The van der Waals surface area contributed by atoms with Crippen molar-refractivity contribution in [2.45, 2.75) is 38.8 Å². The minimum Gasteiger partial charge on any atom is -0.467 e. The Morgan fingerprint density at radius 3 is 2.72 bits per heavy atom. The largest absolute Gasteiger partial charge is 0.467 e. The number of ether oxygens (including phenoxy) is 1. The smallest absolute Gasteiger partial charge is 0.257 e. The van der Waals surface area contributed by atoms with E-state index in [1.807, 2.05) is 9.80 Å². The van der Waals surface area contributed by atoms with Crippen LogP contribution in [0.5, 0.6) is 0 Å². The number of benzene rings is 1. The lowest BCUT2D eigenvalue weighted by molar-refractivity contribution is -0.141. The summed E-state index contributed by atoms with van der Waals surface area (Å²) < 4.78 is 11.2. The SMILES string of the molecule is CC1Cc2ccccc2N1Cc1occc1C(=O)N1CCCC(C(=O)N2CCOCC2)C1. The van der Waals surface area contributed by atoms with E-state index in [2.05, 4.69) is 36.1 Å². The van der Waals surface area contributed by atoms with Gasteiger partial charge in [-0.1, -0.05) is 18.2 Å². The predicted octanol–water partition coefficient (Wildman–Crippen LogP) is 2.94. The number of anilines is 1. The minimum absolute atomic E-state index is 0.0339. The zero-order valence-electron chi connectivity index (χ0n) is 18.7. The summed E-state index contributed by atoms with van der Waals surface area (Å²) >= 11 is 0. The van der Waals surface area contributed by atoms with E-state index in [9.17, 15) is 9.59 Å². The van der Waals surface area contributed by atoms with Gasteiger partial charge in [0, 0.05) is 37.9 Å². The van der Waals surface area contributed by atoms with Crippen molar-refractivity contribution in [1.82, 2.24) is 9.80 Å². The molecule has 7 nitrogen and oxygen atoms in total. The molecule has 0 N–H and O–H groups in total. The molecule has 32 heavy (non-hydrogen) atoms. The van der Waals surface area contributed by atoms with Crippen molar-refractivity contribution in [2.75, 3.05) is 44.3 Å². The van der Waals surface area contributed by atoms with E-state index in [0.717, 1.165) is 19.3 Å². The fraction of sp³-hybridized carbons (Fsp3) is 0.520. The zero-order chi connectivity index (χ0) is 22.1. The molecule has 0 radical (unpaired) electrons. The number of hydrogen-bond donors (Lipinski definition) is 0. The first-order valence-electron chi connectivity index (χ1n) is 11.7. The summed E-state index contributed by atoms with van der Waals surface area (Å²) in [5, 5.41) is 0. The second-order valence-electron chi connectivity index (χ2n) is 9.10. The molecule has 1 aromatic heterocycles. The summed E-state index contributed by atoms with van der Waals surface area (Å²) in [5.41, 5.74) is 3.16. The van der Waals surface area contributed by atoms with Gasteiger partial charge in [0.15, 0.2) is 0 Å². The lowest BCUT2D eigenvalue weighted by Crippen LogP contribution is -2.49. The van der Waals surface area contributed by atoms with Crippen LogP contribution in [0.4, 0.5) is 5.69 Å². The van der Waals surface area contributed by atoms with Gasteiger partial charge in [-0.15, -0.1) is 0 Å². The van der Waals surface area contributed by atoms with Crippen LogP contribution in [0.3, 0.4) is 0 Å². The van der Waals surface area contributed by atoms with Gasteiger partial charge in [0.2, 0.25) is 5.91 Å². The monoisotopic (exact) mass is 437 g/mol. The number of furan rings is 1. The van der Waals surface area contributed by atoms with Crippen molar-refractivity contribution >= 4 is 17.5 Å². The maximum atomic E-state index is 13.4. The van der Waals surface area contributed by atoms with Gasteiger partial charge in [-0.3, -0.25) is 9.59 Å². The van der Waals surface area contributed by atoms with Crippen LogP contribution in [-0.2, 0) is 22.5 Å². The molecule has 0 aliphatic carbocycles. The zero-order valence-corrected chi connectivity index (χ0v) is 18.7. The molecule has 7 heteroatoms. The van der Waals surface area contributed by atoms with Crippen LogP contribution >= 0.6 is 0 Å². The van der Waals surface area contributed by atoms with Crippen LogP contribution in [0.2, 0.25) is 0 Å². The molecule has 1 aromatic carbocycles. The van der Waals surface area contributed by atoms with Crippen molar-refractivity contribution < 1.29 is 18.7 Å². The number of amides is 2. The van der Waals surface area contributed by atoms with Gasteiger partial charge in [0.05, 0.1) is 37.5 Å².